The number of carbonyl (C=O) groups excluding carboxylic acids is 2. The Bertz CT molecular complexity index is 826. The first kappa shape index (κ1) is 22.9. The van der Waals surface area contributed by atoms with Gasteiger partial charge in [-0.2, -0.15) is 0 Å². The van der Waals surface area contributed by atoms with Crippen LogP contribution in [0.25, 0.3) is 0 Å². The predicted molar refractivity (Wildman–Crippen MR) is 119 cm³/mol. The number of aryl methyl sites for hydroxylation is 1. The number of halogens is 1. The van der Waals surface area contributed by atoms with Gasteiger partial charge in [-0.05, 0) is 56.5 Å². The van der Waals surface area contributed by atoms with E-state index in [0.29, 0.717) is 12.3 Å². The van der Waals surface area contributed by atoms with Gasteiger partial charge in [-0.25, -0.2) is 0 Å². The van der Waals surface area contributed by atoms with E-state index >= 15 is 0 Å². The van der Waals surface area contributed by atoms with Gasteiger partial charge in [0, 0.05) is 17.1 Å². The molecule has 0 aliphatic heterocycles. The zero-order valence-electron chi connectivity index (χ0n) is 17.4. The highest BCUT2D eigenvalue weighted by atomic mass is 79.9. The molecule has 1 N–H and O–H groups in total. The van der Waals surface area contributed by atoms with Crippen LogP contribution in [-0.4, -0.2) is 35.4 Å². The quantitative estimate of drug-likeness (QED) is 0.600. The highest BCUT2D eigenvalue weighted by Crippen LogP contribution is 2.21. The van der Waals surface area contributed by atoms with E-state index in [4.69, 9.17) is 4.74 Å². The predicted octanol–water partition coefficient (Wildman–Crippen LogP) is 4.47. The minimum atomic E-state index is -0.605. The summed E-state index contributed by atoms with van der Waals surface area (Å²) < 4.78 is 6.69. The minimum Gasteiger partial charge on any atom is -0.484 e. The lowest BCUT2D eigenvalue weighted by molar-refractivity contribution is -0.142. The second kappa shape index (κ2) is 11.0. The molecule has 2 atom stereocenters. The third-order valence-corrected chi connectivity index (χ3v) is 5.75. The highest BCUT2D eigenvalue weighted by molar-refractivity contribution is 9.10. The normalized spacial score (nSPS) is 12.7. The molecule has 2 aromatic carbocycles. The van der Waals surface area contributed by atoms with E-state index in [9.17, 15) is 9.59 Å². The van der Waals surface area contributed by atoms with Crippen LogP contribution < -0.4 is 10.1 Å². The van der Waals surface area contributed by atoms with Gasteiger partial charge in [-0.15, -0.1) is 0 Å². The summed E-state index contributed by atoms with van der Waals surface area (Å²) in [5.74, 6) is 0.222. The van der Waals surface area contributed by atoms with Gasteiger partial charge in [-0.1, -0.05) is 53.2 Å². The largest absolute Gasteiger partial charge is 0.484 e. The Morgan fingerprint density at radius 1 is 1.14 bits per heavy atom. The molecule has 0 aliphatic carbocycles. The maximum Gasteiger partial charge on any atom is 0.261 e. The van der Waals surface area contributed by atoms with Gasteiger partial charge in [0.2, 0.25) is 5.91 Å². The molecule has 5 nitrogen and oxygen atoms in total. The number of carbonyl (C=O) groups is 2. The van der Waals surface area contributed by atoms with Crippen LogP contribution in [0.3, 0.4) is 0 Å². The number of ether oxygens (including phenoxy) is 1. The molecule has 0 unspecified atom stereocenters. The first-order chi connectivity index (χ1) is 13.8. The van der Waals surface area contributed by atoms with Crippen LogP contribution in [0.1, 0.15) is 38.3 Å². The summed E-state index contributed by atoms with van der Waals surface area (Å²) >= 11 is 3.45. The van der Waals surface area contributed by atoms with Crippen LogP contribution in [0.5, 0.6) is 5.75 Å². The molecule has 6 heteroatoms. The smallest absolute Gasteiger partial charge is 0.261 e. The summed E-state index contributed by atoms with van der Waals surface area (Å²) in [5, 5.41) is 2.96. The van der Waals surface area contributed by atoms with Crippen molar-refractivity contribution in [1.82, 2.24) is 10.2 Å². The van der Waals surface area contributed by atoms with E-state index in [1.807, 2.05) is 69.3 Å². The van der Waals surface area contributed by atoms with Gasteiger partial charge in [-0.3, -0.25) is 9.59 Å². The van der Waals surface area contributed by atoms with Gasteiger partial charge < -0.3 is 15.0 Å². The average molecular weight is 461 g/mol. The van der Waals surface area contributed by atoms with Crippen LogP contribution in [0.4, 0.5) is 0 Å². The number of amides is 2. The number of nitrogens with zero attached hydrogens (tertiary/aromatic N) is 1. The number of rotatable bonds is 9. The topological polar surface area (TPSA) is 58.6 Å². The molecule has 0 heterocycles. The van der Waals surface area contributed by atoms with E-state index in [0.717, 1.165) is 22.0 Å². The van der Waals surface area contributed by atoms with Crippen molar-refractivity contribution in [1.29, 1.82) is 0 Å². The maximum atomic E-state index is 13.0. The molecule has 2 amide bonds. The summed E-state index contributed by atoms with van der Waals surface area (Å²) in [6.45, 7) is 7.89. The minimum absolute atomic E-state index is 0.0561. The fourth-order valence-electron chi connectivity index (χ4n) is 2.76. The van der Waals surface area contributed by atoms with Crippen molar-refractivity contribution in [3.63, 3.8) is 0 Å². The van der Waals surface area contributed by atoms with Crippen molar-refractivity contribution in [2.45, 2.75) is 52.7 Å². The fraction of sp³-hybridized carbons (Fsp3) is 0.391. The monoisotopic (exact) mass is 460 g/mol. The molecule has 0 saturated heterocycles. The SMILES string of the molecule is CC[C@@H](C)NC(=O)[C@H](C)N(Cc1ccccc1)C(=O)COc1ccc(Br)c(C)c1. The Morgan fingerprint density at radius 3 is 2.45 bits per heavy atom. The Hall–Kier alpha value is -2.34. The van der Waals surface area contributed by atoms with Crippen molar-refractivity contribution in [2.24, 2.45) is 0 Å². The average Bonchev–Trinajstić information content (AvgIpc) is 2.72. The van der Waals surface area contributed by atoms with Gasteiger partial charge in [0.15, 0.2) is 6.61 Å². The molecule has 0 radical (unpaired) electrons. The zero-order chi connectivity index (χ0) is 21.4. The van der Waals surface area contributed by atoms with Crippen molar-refractivity contribution in [3.05, 3.63) is 64.1 Å². The Kier molecular flexibility index (Phi) is 8.70. The number of nitrogens with one attached hydrogen (secondary N) is 1. The lowest BCUT2D eigenvalue weighted by Crippen LogP contribution is -2.50. The van der Waals surface area contributed by atoms with Gasteiger partial charge in [0.1, 0.15) is 11.8 Å². The van der Waals surface area contributed by atoms with E-state index in [1.165, 1.54) is 0 Å². The lowest BCUT2D eigenvalue weighted by Gasteiger charge is -2.29. The van der Waals surface area contributed by atoms with Gasteiger partial charge in [0.05, 0.1) is 0 Å². The fourth-order valence-corrected chi connectivity index (χ4v) is 3.01. The van der Waals surface area contributed by atoms with Gasteiger partial charge >= 0.3 is 0 Å². The van der Waals surface area contributed by atoms with E-state index in [1.54, 1.807) is 11.8 Å². The van der Waals surface area contributed by atoms with Crippen LogP contribution in [0.15, 0.2) is 53.0 Å². The summed E-state index contributed by atoms with van der Waals surface area (Å²) in [6, 6.07) is 14.7. The molecule has 0 fully saturated rings. The molecule has 0 bridgehead atoms. The molecule has 0 aliphatic rings. The summed E-state index contributed by atoms with van der Waals surface area (Å²) in [4.78, 5) is 27.2. The van der Waals surface area contributed by atoms with Crippen LogP contribution in [-0.2, 0) is 16.1 Å². The van der Waals surface area contributed by atoms with Crippen molar-refractivity contribution in [3.8, 4) is 5.75 Å². The van der Waals surface area contributed by atoms with E-state index < -0.39 is 6.04 Å². The third-order valence-electron chi connectivity index (χ3n) is 4.86. The van der Waals surface area contributed by atoms with Crippen molar-refractivity contribution < 1.29 is 14.3 Å². The Labute approximate surface area is 181 Å². The molecule has 29 heavy (non-hydrogen) atoms. The molecular formula is C23H29BrN2O3. The van der Waals surface area contributed by atoms with Crippen molar-refractivity contribution >= 4 is 27.7 Å². The lowest BCUT2D eigenvalue weighted by atomic mass is 10.1. The van der Waals surface area contributed by atoms with Crippen LogP contribution >= 0.6 is 15.9 Å². The highest BCUT2D eigenvalue weighted by Gasteiger charge is 2.27. The number of hydrogen-bond acceptors (Lipinski definition) is 3. The first-order valence-electron chi connectivity index (χ1n) is 9.84. The van der Waals surface area contributed by atoms with Crippen LogP contribution in [0, 0.1) is 6.92 Å². The second-order valence-corrected chi connectivity index (χ2v) is 8.06. The molecule has 2 aromatic rings. The summed E-state index contributed by atoms with van der Waals surface area (Å²) in [6.07, 6.45) is 0.830. The summed E-state index contributed by atoms with van der Waals surface area (Å²) in [5.41, 5.74) is 1.99. The second-order valence-electron chi connectivity index (χ2n) is 7.20. The standard InChI is InChI=1S/C23H29BrN2O3/c1-5-17(3)25-23(28)18(4)26(14-19-9-7-6-8-10-19)22(27)15-29-20-11-12-21(24)16(2)13-20/h6-13,17-18H,5,14-15H2,1-4H3,(H,25,28)/t17-,18+/m1/s1. The first-order valence-corrected chi connectivity index (χ1v) is 10.6. The third kappa shape index (κ3) is 6.89. The molecule has 0 saturated carbocycles. The molecule has 0 spiro atoms. The number of benzene rings is 2. The Morgan fingerprint density at radius 2 is 1.83 bits per heavy atom. The van der Waals surface area contributed by atoms with Gasteiger partial charge in [0.25, 0.3) is 5.91 Å². The van der Waals surface area contributed by atoms with E-state index in [2.05, 4.69) is 21.2 Å². The molecular weight excluding hydrogens is 432 g/mol. The molecule has 2 rings (SSSR count). The van der Waals surface area contributed by atoms with Crippen LogP contribution in [0.2, 0.25) is 0 Å². The zero-order valence-corrected chi connectivity index (χ0v) is 19.0. The van der Waals surface area contributed by atoms with E-state index in [-0.39, 0.29) is 24.5 Å². The Balaban J connectivity index is 2.12. The molecule has 0 aromatic heterocycles. The maximum absolute atomic E-state index is 13.0. The summed E-state index contributed by atoms with van der Waals surface area (Å²) in [7, 11) is 0. The molecule has 156 valence electrons. The number of hydrogen-bond donors (Lipinski definition) is 1. The van der Waals surface area contributed by atoms with Crippen molar-refractivity contribution in [2.75, 3.05) is 6.61 Å².